The van der Waals surface area contributed by atoms with E-state index in [1.807, 2.05) is 0 Å². The van der Waals surface area contributed by atoms with E-state index in [0.29, 0.717) is 6.61 Å². The summed E-state index contributed by atoms with van der Waals surface area (Å²) in [6.07, 6.45) is 2.38. The largest absolute Gasteiger partial charge is 0.501 e. The molecule has 0 bridgehead atoms. The van der Waals surface area contributed by atoms with Crippen LogP contribution >= 0.6 is 0 Å². The number of nitrogens with one attached hydrogen (secondary N) is 1. The van der Waals surface area contributed by atoms with Crippen molar-refractivity contribution in [1.82, 2.24) is 4.98 Å². The summed E-state index contributed by atoms with van der Waals surface area (Å²) in [6, 6.07) is 14.8. The Labute approximate surface area is 106 Å². The third-order valence-electron chi connectivity index (χ3n) is 3.23. The van der Waals surface area contributed by atoms with Gasteiger partial charge in [0.25, 0.3) is 0 Å². The van der Waals surface area contributed by atoms with Gasteiger partial charge < -0.3 is 9.72 Å². The minimum atomic E-state index is 0.665. The zero-order valence-electron chi connectivity index (χ0n) is 10.1. The van der Waals surface area contributed by atoms with Gasteiger partial charge in [-0.1, -0.05) is 43.0 Å². The molecule has 0 atom stereocenters. The zero-order chi connectivity index (χ0) is 12.4. The first-order valence-electron chi connectivity index (χ1n) is 6.11. The molecule has 0 fully saturated rings. The highest BCUT2D eigenvalue weighted by Gasteiger charge is 2.06. The minimum absolute atomic E-state index is 0.665. The molecule has 0 saturated carbocycles. The molecular formula is C16H15NO. The Kier molecular flexibility index (Phi) is 2.77. The van der Waals surface area contributed by atoms with E-state index in [-0.39, 0.29) is 0 Å². The molecule has 90 valence electrons. The summed E-state index contributed by atoms with van der Waals surface area (Å²) in [7, 11) is 0. The molecule has 0 unspecified atom stereocenters. The van der Waals surface area contributed by atoms with Crippen LogP contribution in [0.25, 0.3) is 21.8 Å². The predicted octanol–water partition coefficient (Wildman–Crippen LogP) is 4.02. The molecular weight excluding hydrogens is 222 g/mol. The SMILES string of the molecule is C=COCCc1cccc2c1[nH]c1ccccc12. The van der Waals surface area contributed by atoms with Gasteiger partial charge in [-0.2, -0.15) is 0 Å². The van der Waals surface area contributed by atoms with E-state index in [9.17, 15) is 0 Å². The summed E-state index contributed by atoms with van der Waals surface area (Å²) < 4.78 is 5.21. The van der Waals surface area contributed by atoms with Crippen LogP contribution in [-0.2, 0) is 11.2 Å². The number of rotatable bonds is 4. The van der Waals surface area contributed by atoms with Gasteiger partial charge in [-0.05, 0) is 11.6 Å². The summed E-state index contributed by atoms with van der Waals surface area (Å²) in [4.78, 5) is 3.49. The molecule has 0 saturated heterocycles. The van der Waals surface area contributed by atoms with Crippen molar-refractivity contribution in [2.45, 2.75) is 6.42 Å². The first kappa shape index (κ1) is 10.9. The van der Waals surface area contributed by atoms with Crippen LogP contribution in [0.15, 0.2) is 55.3 Å². The number of fused-ring (bicyclic) bond motifs is 3. The van der Waals surface area contributed by atoms with Crippen LogP contribution in [0.2, 0.25) is 0 Å². The summed E-state index contributed by atoms with van der Waals surface area (Å²) in [5.74, 6) is 0. The van der Waals surface area contributed by atoms with E-state index in [4.69, 9.17) is 4.74 Å². The van der Waals surface area contributed by atoms with E-state index < -0.39 is 0 Å². The Morgan fingerprint density at radius 2 is 1.89 bits per heavy atom. The first-order chi connectivity index (χ1) is 8.90. The number of H-pyrrole nitrogens is 1. The number of hydrogen-bond donors (Lipinski definition) is 1. The number of ether oxygens (including phenoxy) is 1. The summed E-state index contributed by atoms with van der Waals surface area (Å²) in [6.45, 7) is 4.22. The minimum Gasteiger partial charge on any atom is -0.501 e. The molecule has 3 aromatic rings. The molecule has 0 aliphatic carbocycles. The first-order valence-corrected chi connectivity index (χ1v) is 6.11. The quantitative estimate of drug-likeness (QED) is 0.538. The van der Waals surface area contributed by atoms with Crippen molar-refractivity contribution >= 4 is 21.8 Å². The highest BCUT2D eigenvalue weighted by Crippen LogP contribution is 2.27. The van der Waals surface area contributed by atoms with Gasteiger partial charge in [-0.3, -0.25) is 0 Å². The van der Waals surface area contributed by atoms with E-state index in [1.54, 1.807) is 0 Å². The Balaban J connectivity index is 2.12. The smallest absolute Gasteiger partial charge is 0.0914 e. The van der Waals surface area contributed by atoms with Crippen molar-refractivity contribution < 1.29 is 4.74 Å². The Hall–Kier alpha value is -2.22. The fourth-order valence-electron chi connectivity index (χ4n) is 2.39. The molecule has 0 radical (unpaired) electrons. The summed E-state index contributed by atoms with van der Waals surface area (Å²) in [5, 5.41) is 2.56. The van der Waals surface area contributed by atoms with Gasteiger partial charge in [0.1, 0.15) is 0 Å². The lowest BCUT2D eigenvalue weighted by atomic mass is 10.1. The molecule has 2 nitrogen and oxygen atoms in total. The third-order valence-corrected chi connectivity index (χ3v) is 3.23. The average Bonchev–Trinajstić information content (AvgIpc) is 2.79. The van der Waals surface area contributed by atoms with Crippen LogP contribution in [0.3, 0.4) is 0 Å². The van der Waals surface area contributed by atoms with Gasteiger partial charge in [0.2, 0.25) is 0 Å². The summed E-state index contributed by atoms with van der Waals surface area (Å²) in [5.41, 5.74) is 3.68. The second-order valence-corrected chi connectivity index (χ2v) is 4.30. The van der Waals surface area contributed by atoms with Crippen LogP contribution in [0.5, 0.6) is 0 Å². The van der Waals surface area contributed by atoms with E-state index in [1.165, 1.54) is 33.6 Å². The van der Waals surface area contributed by atoms with Crippen LogP contribution in [0, 0.1) is 0 Å². The van der Waals surface area contributed by atoms with Crippen LogP contribution < -0.4 is 0 Å². The van der Waals surface area contributed by atoms with Crippen LogP contribution in [-0.4, -0.2) is 11.6 Å². The summed E-state index contributed by atoms with van der Waals surface area (Å²) >= 11 is 0. The lowest BCUT2D eigenvalue weighted by molar-refractivity contribution is 0.255. The number of para-hydroxylation sites is 2. The number of hydrogen-bond acceptors (Lipinski definition) is 1. The molecule has 0 amide bonds. The molecule has 18 heavy (non-hydrogen) atoms. The molecule has 0 aliphatic heterocycles. The number of benzene rings is 2. The highest BCUT2D eigenvalue weighted by molar-refractivity contribution is 6.08. The fourth-order valence-corrected chi connectivity index (χ4v) is 2.39. The molecule has 0 spiro atoms. The number of aromatic amines is 1. The van der Waals surface area contributed by atoms with Crippen molar-refractivity contribution in [3.63, 3.8) is 0 Å². The van der Waals surface area contributed by atoms with Gasteiger partial charge in [-0.15, -0.1) is 0 Å². The van der Waals surface area contributed by atoms with Crippen molar-refractivity contribution in [3.8, 4) is 0 Å². The Morgan fingerprint density at radius 1 is 1.06 bits per heavy atom. The van der Waals surface area contributed by atoms with E-state index in [2.05, 4.69) is 54.0 Å². The highest BCUT2D eigenvalue weighted by atomic mass is 16.5. The van der Waals surface area contributed by atoms with Crippen LogP contribution in [0.1, 0.15) is 5.56 Å². The maximum atomic E-state index is 5.21. The monoisotopic (exact) mass is 237 g/mol. The molecule has 2 aromatic carbocycles. The maximum Gasteiger partial charge on any atom is 0.0914 e. The van der Waals surface area contributed by atoms with Crippen LogP contribution in [0.4, 0.5) is 0 Å². The second-order valence-electron chi connectivity index (χ2n) is 4.30. The van der Waals surface area contributed by atoms with E-state index >= 15 is 0 Å². The van der Waals surface area contributed by atoms with Crippen molar-refractivity contribution in [2.24, 2.45) is 0 Å². The second kappa shape index (κ2) is 4.57. The molecule has 3 rings (SSSR count). The zero-order valence-corrected chi connectivity index (χ0v) is 10.1. The average molecular weight is 237 g/mol. The van der Waals surface area contributed by atoms with Crippen molar-refractivity contribution in [3.05, 3.63) is 60.9 Å². The van der Waals surface area contributed by atoms with Gasteiger partial charge in [0.05, 0.1) is 12.9 Å². The molecule has 2 heteroatoms. The van der Waals surface area contributed by atoms with Gasteiger partial charge in [-0.25, -0.2) is 0 Å². The standard InChI is InChI=1S/C16H15NO/c1-2-18-11-10-12-6-5-8-14-13-7-3-4-9-15(13)17-16(12)14/h2-9,17H,1,10-11H2. The molecule has 1 N–H and O–H groups in total. The van der Waals surface area contributed by atoms with Crippen molar-refractivity contribution in [2.75, 3.05) is 6.61 Å². The topological polar surface area (TPSA) is 25.0 Å². The lowest BCUT2D eigenvalue weighted by Gasteiger charge is -2.03. The van der Waals surface area contributed by atoms with E-state index in [0.717, 1.165) is 6.42 Å². The normalized spacial score (nSPS) is 10.9. The van der Waals surface area contributed by atoms with Gasteiger partial charge >= 0.3 is 0 Å². The fraction of sp³-hybridized carbons (Fsp3) is 0.125. The molecule has 1 aromatic heterocycles. The molecule has 1 heterocycles. The Morgan fingerprint density at radius 3 is 2.78 bits per heavy atom. The third kappa shape index (κ3) is 1.76. The lowest BCUT2D eigenvalue weighted by Crippen LogP contribution is -1.94. The molecule has 0 aliphatic rings. The van der Waals surface area contributed by atoms with Gasteiger partial charge in [0, 0.05) is 28.2 Å². The Bertz CT molecular complexity index is 696. The number of aromatic nitrogens is 1. The maximum absolute atomic E-state index is 5.21. The van der Waals surface area contributed by atoms with Crippen molar-refractivity contribution in [1.29, 1.82) is 0 Å². The predicted molar refractivity (Wildman–Crippen MR) is 75.7 cm³/mol. The van der Waals surface area contributed by atoms with Gasteiger partial charge in [0.15, 0.2) is 0 Å².